The Morgan fingerprint density at radius 1 is 1.19 bits per heavy atom. The lowest BCUT2D eigenvalue weighted by Crippen LogP contribution is -2.28. The number of pyridine rings is 1. The fraction of sp³-hybridized carbons (Fsp3) is 0.280. The second-order valence-electron chi connectivity index (χ2n) is 7.95. The molecule has 0 saturated heterocycles. The number of aromatic nitrogens is 1. The fourth-order valence-corrected chi connectivity index (χ4v) is 4.08. The van der Waals surface area contributed by atoms with Gasteiger partial charge in [-0.2, -0.15) is 0 Å². The number of fused-ring (bicyclic) bond motifs is 1. The maximum absolute atomic E-state index is 15.4. The molecule has 31 heavy (non-hydrogen) atoms. The lowest BCUT2D eigenvalue weighted by atomic mass is 9.82. The van der Waals surface area contributed by atoms with Gasteiger partial charge in [-0.05, 0) is 47.7 Å². The molecule has 1 aromatic heterocycles. The molecule has 6 heteroatoms. The van der Waals surface area contributed by atoms with Gasteiger partial charge in [0.1, 0.15) is 17.9 Å². The third-order valence-electron chi connectivity index (χ3n) is 5.73. The average molecular weight is 423 g/mol. The zero-order chi connectivity index (χ0) is 22.1. The van der Waals surface area contributed by atoms with Crippen molar-refractivity contribution in [1.82, 2.24) is 4.98 Å². The van der Waals surface area contributed by atoms with Crippen molar-refractivity contribution in [2.75, 3.05) is 0 Å². The van der Waals surface area contributed by atoms with Gasteiger partial charge >= 0.3 is 5.97 Å². The van der Waals surface area contributed by atoms with Crippen molar-refractivity contribution in [1.29, 1.82) is 0 Å². The van der Waals surface area contributed by atoms with Crippen LogP contribution in [0.4, 0.5) is 8.78 Å². The first-order valence-electron chi connectivity index (χ1n) is 10.3. The summed E-state index contributed by atoms with van der Waals surface area (Å²) in [5.74, 6) is -3.22. The Morgan fingerprint density at radius 3 is 2.48 bits per heavy atom. The number of hydrogen-bond donors (Lipinski definition) is 2. The second kappa shape index (κ2) is 8.55. The van der Waals surface area contributed by atoms with Crippen LogP contribution >= 0.6 is 0 Å². The van der Waals surface area contributed by atoms with Crippen LogP contribution in [0, 0.1) is 5.82 Å². The molecule has 160 valence electrons. The van der Waals surface area contributed by atoms with E-state index >= 15 is 4.39 Å². The van der Waals surface area contributed by atoms with Gasteiger partial charge in [-0.15, -0.1) is 6.58 Å². The summed E-state index contributed by atoms with van der Waals surface area (Å²) >= 11 is 0. The summed E-state index contributed by atoms with van der Waals surface area (Å²) in [7, 11) is 0. The van der Waals surface area contributed by atoms with E-state index in [1.54, 1.807) is 12.1 Å². The summed E-state index contributed by atoms with van der Waals surface area (Å²) < 4.78 is 29.0. The molecule has 0 bridgehead atoms. The summed E-state index contributed by atoms with van der Waals surface area (Å²) in [6.07, 6.45) is -0.527. The summed E-state index contributed by atoms with van der Waals surface area (Å²) in [6.45, 7) is 3.45. The quantitative estimate of drug-likeness (QED) is 0.479. The maximum atomic E-state index is 15.4. The Balaban J connectivity index is 2.02. The SMILES string of the molecule is C=CC(O)CC(F)C(C(=O)O)c1c(C2CC2)nc2ccccc2c1-c1ccc(F)cc1. The summed E-state index contributed by atoms with van der Waals surface area (Å²) in [5, 5.41) is 20.6. The van der Waals surface area contributed by atoms with Gasteiger partial charge in [0, 0.05) is 23.4 Å². The summed E-state index contributed by atoms with van der Waals surface area (Å²) in [6, 6.07) is 13.0. The Morgan fingerprint density at radius 2 is 1.87 bits per heavy atom. The van der Waals surface area contributed by atoms with Crippen LogP contribution in [0.2, 0.25) is 0 Å². The minimum Gasteiger partial charge on any atom is -0.481 e. The lowest BCUT2D eigenvalue weighted by molar-refractivity contribution is -0.140. The fourth-order valence-electron chi connectivity index (χ4n) is 4.08. The van der Waals surface area contributed by atoms with Crippen LogP contribution in [0.5, 0.6) is 0 Å². The molecule has 1 aliphatic carbocycles. The highest BCUT2D eigenvalue weighted by Crippen LogP contribution is 2.48. The predicted octanol–water partition coefficient (Wildman–Crippen LogP) is 5.36. The van der Waals surface area contributed by atoms with Crippen molar-refractivity contribution in [2.24, 2.45) is 0 Å². The number of aliphatic hydroxyl groups excluding tert-OH is 1. The Kier molecular flexibility index (Phi) is 5.83. The van der Waals surface area contributed by atoms with E-state index in [2.05, 4.69) is 6.58 Å². The molecular formula is C25H23F2NO3. The van der Waals surface area contributed by atoms with Crippen LogP contribution in [0.25, 0.3) is 22.0 Å². The zero-order valence-electron chi connectivity index (χ0n) is 16.8. The van der Waals surface area contributed by atoms with E-state index < -0.39 is 30.0 Å². The van der Waals surface area contributed by atoms with Crippen molar-refractivity contribution >= 4 is 16.9 Å². The molecule has 1 aliphatic rings. The first-order chi connectivity index (χ1) is 14.9. The van der Waals surface area contributed by atoms with Crippen molar-refractivity contribution < 1.29 is 23.8 Å². The number of halogens is 2. The van der Waals surface area contributed by atoms with Gasteiger partial charge < -0.3 is 10.2 Å². The van der Waals surface area contributed by atoms with Crippen molar-refractivity contribution in [3.8, 4) is 11.1 Å². The molecule has 0 spiro atoms. The molecule has 4 nitrogen and oxygen atoms in total. The van der Waals surface area contributed by atoms with Gasteiger partial charge in [0.15, 0.2) is 0 Å². The molecule has 2 N–H and O–H groups in total. The number of nitrogens with zero attached hydrogens (tertiary/aromatic N) is 1. The summed E-state index contributed by atoms with van der Waals surface area (Å²) in [4.78, 5) is 17.1. The van der Waals surface area contributed by atoms with E-state index in [0.717, 1.165) is 12.8 Å². The number of carboxylic acid groups (broad SMARTS) is 1. The zero-order valence-corrected chi connectivity index (χ0v) is 16.8. The van der Waals surface area contributed by atoms with E-state index in [1.165, 1.54) is 18.2 Å². The van der Waals surface area contributed by atoms with Gasteiger partial charge in [-0.1, -0.05) is 36.4 Å². The minimum atomic E-state index is -1.86. The second-order valence-corrected chi connectivity index (χ2v) is 7.95. The highest BCUT2D eigenvalue weighted by atomic mass is 19.1. The smallest absolute Gasteiger partial charge is 0.314 e. The van der Waals surface area contributed by atoms with Crippen molar-refractivity contribution in [3.05, 3.63) is 78.3 Å². The highest BCUT2D eigenvalue weighted by Gasteiger charge is 2.40. The molecule has 2 aromatic carbocycles. The number of aliphatic hydroxyl groups is 1. The van der Waals surface area contributed by atoms with Crippen LogP contribution in [-0.2, 0) is 4.79 Å². The Labute approximate surface area is 178 Å². The number of aliphatic carboxylic acids is 1. The first-order valence-corrected chi connectivity index (χ1v) is 10.3. The topological polar surface area (TPSA) is 70.4 Å². The van der Waals surface area contributed by atoms with E-state index in [9.17, 15) is 19.4 Å². The number of carbonyl (C=O) groups is 1. The first kappa shape index (κ1) is 21.1. The average Bonchev–Trinajstić information content (AvgIpc) is 3.59. The van der Waals surface area contributed by atoms with Crippen LogP contribution in [0.3, 0.4) is 0 Å². The van der Waals surface area contributed by atoms with Gasteiger partial charge in [0.2, 0.25) is 0 Å². The van der Waals surface area contributed by atoms with E-state index in [1.807, 2.05) is 24.3 Å². The predicted molar refractivity (Wildman–Crippen MR) is 115 cm³/mol. The molecular weight excluding hydrogens is 400 g/mol. The molecule has 0 aliphatic heterocycles. The number of alkyl halides is 1. The molecule has 1 heterocycles. The van der Waals surface area contributed by atoms with Crippen molar-refractivity contribution in [3.63, 3.8) is 0 Å². The molecule has 1 fully saturated rings. The standard InChI is InChI=1S/C25H23F2NO3/c1-2-17(29)13-19(27)22(25(30)31)23-21(14-9-11-16(26)12-10-14)18-5-3-4-6-20(18)28-24(23)15-7-8-15/h2-6,9-12,15,17,19,22,29H,1,7-8,13H2,(H,30,31). The third-order valence-corrected chi connectivity index (χ3v) is 5.73. The number of para-hydroxylation sites is 1. The van der Waals surface area contributed by atoms with Gasteiger partial charge in [0.25, 0.3) is 0 Å². The van der Waals surface area contributed by atoms with E-state index in [0.29, 0.717) is 33.3 Å². The van der Waals surface area contributed by atoms with Crippen LogP contribution in [0.1, 0.15) is 42.4 Å². The van der Waals surface area contributed by atoms with Gasteiger partial charge in [-0.3, -0.25) is 9.78 Å². The molecule has 3 aromatic rings. The van der Waals surface area contributed by atoms with Gasteiger partial charge in [-0.25, -0.2) is 8.78 Å². The number of rotatable bonds is 8. The van der Waals surface area contributed by atoms with Gasteiger partial charge in [0.05, 0.1) is 11.6 Å². The van der Waals surface area contributed by atoms with Crippen LogP contribution in [-0.4, -0.2) is 33.4 Å². The molecule has 3 unspecified atom stereocenters. The molecule has 0 radical (unpaired) electrons. The monoisotopic (exact) mass is 423 g/mol. The molecule has 0 amide bonds. The maximum Gasteiger partial charge on any atom is 0.314 e. The molecule has 3 atom stereocenters. The lowest BCUT2D eigenvalue weighted by Gasteiger charge is -2.25. The largest absolute Gasteiger partial charge is 0.481 e. The highest BCUT2D eigenvalue weighted by molar-refractivity contribution is 5.99. The van der Waals surface area contributed by atoms with E-state index in [4.69, 9.17) is 4.98 Å². The minimum absolute atomic E-state index is 0.0529. The molecule has 4 rings (SSSR count). The number of benzene rings is 2. The Bertz CT molecular complexity index is 1130. The molecule has 1 saturated carbocycles. The number of hydrogen-bond acceptors (Lipinski definition) is 3. The van der Waals surface area contributed by atoms with Crippen molar-refractivity contribution in [2.45, 2.75) is 43.4 Å². The van der Waals surface area contributed by atoms with E-state index in [-0.39, 0.29) is 12.3 Å². The van der Waals surface area contributed by atoms with Crippen LogP contribution < -0.4 is 0 Å². The third kappa shape index (κ3) is 4.21. The normalized spacial score (nSPS) is 16.6. The summed E-state index contributed by atoms with van der Waals surface area (Å²) in [5.41, 5.74) is 2.71. The number of carboxylic acids is 1. The van der Waals surface area contributed by atoms with Crippen LogP contribution in [0.15, 0.2) is 61.2 Å². The Hall–Kier alpha value is -3.12.